The average Bonchev–Trinajstić information content (AvgIpc) is 2.67. The van der Waals surface area contributed by atoms with Crippen LogP contribution in [0.1, 0.15) is 25.5 Å². The van der Waals surface area contributed by atoms with Gasteiger partial charge in [0.05, 0.1) is 19.5 Å². The van der Waals surface area contributed by atoms with Gasteiger partial charge in [0.1, 0.15) is 32.2 Å². The Morgan fingerprint density at radius 2 is 1.71 bits per heavy atom. The van der Waals surface area contributed by atoms with Crippen molar-refractivity contribution in [1.29, 1.82) is 0 Å². The second-order valence-corrected chi connectivity index (χ2v) is 8.22. The summed E-state index contributed by atoms with van der Waals surface area (Å²) in [6.07, 6.45) is 0. The maximum atomic E-state index is 12.2. The third-order valence-corrected chi connectivity index (χ3v) is 5.37. The number of nitrogens with zero attached hydrogens (tertiary/aromatic N) is 1. The zero-order chi connectivity index (χ0) is 20.7. The molecule has 2 rings (SSSR count). The van der Waals surface area contributed by atoms with E-state index in [4.69, 9.17) is 4.74 Å². The predicted octanol–water partition coefficient (Wildman–Crippen LogP) is -1.48. The summed E-state index contributed by atoms with van der Waals surface area (Å²) in [6, 6.07) is 8.74. The number of carbonyl (C=O) groups is 2. The first-order valence-electron chi connectivity index (χ1n) is 10.1. The number of likely N-dealkylation sites (N-methyl/N-ethyl adjacent to an activating group) is 1. The second-order valence-electron chi connectivity index (χ2n) is 8.22. The van der Waals surface area contributed by atoms with Gasteiger partial charge in [-0.05, 0) is 12.1 Å². The summed E-state index contributed by atoms with van der Waals surface area (Å²) in [5.74, 6) is -0.824. The van der Waals surface area contributed by atoms with E-state index in [-0.39, 0.29) is 30.4 Å². The van der Waals surface area contributed by atoms with Crippen LogP contribution in [0.15, 0.2) is 24.3 Å². The third kappa shape index (κ3) is 6.49. The predicted molar refractivity (Wildman–Crippen MR) is 110 cm³/mol. The van der Waals surface area contributed by atoms with Crippen molar-refractivity contribution in [3.05, 3.63) is 29.8 Å². The van der Waals surface area contributed by atoms with Crippen molar-refractivity contribution < 1.29 is 24.1 Å². The maximum Gasteiger partial charge on any atom is 0.308 e. The zero-order valence-electron chi connectivity index (χ0n) is 17.9. The number of benzene rings is 1. The smallest absolute Gasteiger partial charge is 0.308 e. The van der Waals surface area contributed by atoms with E-state index in [0.29, 0.717) is 6.54 Å². The molecule has 0 aromatic heterocycles. The van der Waals surface area contributed by atoms with Crippen molar-refractivity contribution in [2.45, 2.75) is 19.9 Å². The molecular weight excluding hydrogens is 356 g/mol. The van der Waals surface area contributed by atoms with Crippen LogP contribution in [0.3, 0.4) is 0 Å². The van der Waals surface area contributed by atoms with Crippen LogP contribution in [0.4, 0.5) is 5.69 Å². The number of hydrogen-bond donors (Lipinski definition) is 3. The first-order chi connectivity index (χ1) is 13.3. The topological polar surface area (TPSA) is 67.5 Å². The number of amides is 1. The van der Waals surface area contributed by atoms with Crippen LogP contribution in [-0.4, -0.2) is 72.4 Å². The molecule has 28 heavy (non-hydrogen) atoms. The van der Waals surface area contributed by atoms with Crippen molar-refractivity contribution in [1.82, 2.24) is 5.32 Å². The summed E-state index contributed by atoms with van der Waals surface area (Å²) >= 11 is 0. The molecule has 3 N–H and O–H groups in total. The largest absolute Gasteiger partial charge is 0.455 e. The van der Waals surface area contributed by atoms with Gasteiger partial charge in [-0.3, -0.25) is 9.59 Å². The Morgan fingerprint density at radius 3 is 2.25 bits per heavy atom. The molecule has 7 heteroatoms. The number of quaternary nitrogens is 2. The minimum atomic E-state index is -0.348. The molecule has 1 fully saturated rings. The number of piperazine rings is 1. The van der Waals surface area contributed by atoms with Crippen LogP contribution >= 0.6 is 0 Å². The molecular formula is C21H36N4O3+2. The van der Waals surface area contributed by atoms with Gasteiger partial charge in [-0.15, -0.1) is 0 Å². The van der Waals surface area contributed by atoms with E-state index >= 15 is 0 Å². The van der Waals surface area contributed by atoms with Crippen LogP contribution in [-0.2, 0) is 14.3 Å². The molecule has 1 amide bonds. The average molecular weight is 393 g/mol. The van der Waals surface area contributed by atoms with Crippen LogP contribution in [0.25, 0.3) is 0 Å². The molecule has 1 aromatic carbocycles. The lowest BCUT2D eigenvalue weighted by Gasteiger charge is -2.33. The van der Waals surface area contributed by atoms with Gasteiger partial charge in [-0.2, -0.15) is 0 Å². The molecule has 1 aliphatic heterocycles. The van der Waals surface area contributed by atoms with Crippen molar-refractivity contribution in [2.75, 3.05) is 65.4 Å². The first kappa shape index (κ1) is 22.2. The summed E-state index contributed by atoms with van der Waals surface area (Å²) in [4.78, 5) is 28.9. The molecule has 0 spiro atoms. The van der Waals surface area contributed by atoms with Gasteiger partial charge in [-0.25, -0.2) is 0 Å². The van der Waals surface area contributed by atoms with Gasteiger partial charge in [0.25, 0.3) is 5.91 Å². The minimum Gasteiger partial charge on any atom is -0.455 e. The highest BCUT2D eigenvalue weighted by atomic mass is 16.5. The Labute approximate surface area is 168 Å². The van der Waals surface area contributed by atoms with Crippen LogP contribution in [0.2, 0.25) is 0 Å². The van der Waals surface area contributed by atoms with Gasteiger partial charge in [0.15, 0.2) is 6.61 Å². The number of ether oxygens (including phenoxy) is 1. The van der Waals surface area contributed by atoms with E-state index in [2.05, 4.69) is 41.5 Å². The lowest BCUT2D eigenvalue weighted by atomic mass is 10.0. The van der Waals surface area contributed by atoms with Crippen molar-refractivity contribution >= 4 is 17.6 Å². The molecule has 0 radical (unpaired) electrons. The number of anilines is 1. The number of carbonyl (C=O) groups excluding carboxylic acids is 2. The van der Waals surface area contributed by atoms with E-state index in [1.54, 1.807) is 18.7 Å². The normalized spacial score (nSPS) is 20.5. The molecule has 0 saturated carbocycles. The fourth-order valence-electron chi connectivity index (χ4n) is 3.42. The summed E-state index contributed by atoms with van der Waals surface area (Å²) in [6.45, 7) is 8.23. The number of rotatable bonds is 8. The van der Waals surface area contributed by atoms with Crippen LogP contribution in [0.5, 0.6) is 0 Å². The number of esters is 1. The fourth-order valence-corrected chi connectivity index (χ4v) is 3.42. The molecule has 7 nitrogen and oxygen atoms in total. The summed E-state index contributed by atoms with van der Waals surface area (Å²) < 4.78 is 5.04. The highest BCUT2D eigenvalue weighted by molar-refractivity contribution is 5.81. The molecule has 1 atom stereocenters. The van der Waals surface area contributed by atoms with Gasteiger partial charge >= 0.3 is 5.97 Å². The number of nitrogens with one attached hydrogen (secondary N) is 3. The first-order valence-corrected chi connectivity index (χ1v) is 10.1. The lowest BCUT2D eigenvalue weighted by molar-refractivity contribution is -1.02. The Bertz CT molecular complexity index is 638. The van der Waals surface area contributed by atoms with Crippen molar-refractivity contribution in [3.63, 3.8) is 0 Å². The Kier molecular flexibility index (Phi) is 8.26. The van der Waals surface area contributed by atoms with E-state index < -0.39 is 0 Å². The Balaban J connectivity index is 2.02. The minimum absolute atomic E-state index is 0.189. The monoisotopic (exact) mass is 392 g/mol. The summed E-state index contributed by atoms with van der Waals surface area (Å²) in [7, 11) is 6.28. The Hall–Kier alpha value is -2.12. The molecule has 1 saturated heterocycles. The van der Waals surface area contributed by atoms with Crippen LogP contribution in [0, 0.1) is 5.92 Å². The fraction of sp³-hybridized carbons (Fsp3) is 0.619. The Morgan fingerprint density at radius 1 is 1.11 bits per heavy atom. The zero-order valence-corrected chi connectivity index (χ0v) is 17.9. The van der Waals surface area contributed by atoms with Crippen LogP contribution < -0.4 is 20.0 Å². The van der Waals surface area contributed by atoms with Crippen molar-refractivity contribution in [2.24, 2.45) is 5.92 Å². The molecule has 156 valence electrons. The quantitative estimate of drug-likeness (QED) is 0.472. The van der Waals surface area contributed by atoms with E-state index in [0.717, 1.165) is 31.9 Å². The van der Waals surface area contributed by atoms with E-state index in [1.165, 1.54) is 10.5 Å². The third-order valence-electron chi connectivity index (χ3n) is 5.37. The van der Waals surface area contributed by atoms with Gasteiger partial charge < -0.3 is 24.8 Å². The molecule has 0 bridgehead atoms. The molecule has 0 aliphatic carbocycles. The van der Waals surface area contributed by atoms with E-state index in [1.807, 2.05) is 14.1 Å². The highest BCUT2D eigenvalue weighted by Crippen LogP contribution is 2.16. The molecule has 1 heterocycles. The molecule has 1 aromatic rings. The maximum absolute atomic E-state index is 12.2. The second kappa shape index (κ2) is 10.4. The highest BCUT2D eigenvalue weighted by Gasteiger charge is 2.29. The summed E-state index contributed by atoms with van der Waals surface area (Å²) in [5.41, 5.74) is 2.38. The van der Waals surface area contributed by atoms with Crippen molar-refractivity contribution in [3.8, 4) is 0 Å². The molecule has 1 aliphatic rings. The van der Waals surface area contributed by atoms with E-state index in [9.17, 15) is 9.59 Å². The summed E-state index contributed by atoms with van der Waals surface area (Å²) in [5, 5.41) is 2.97. The van der Waals surface area contributed by atoms with Gasteiger partial charge in [-0.1, -0.05) is 26.0 Å². The number of hydrogen-bond acceptors (Lipinski definition) is 4. The van der Waals surface area contributed by atoms with Gasteiger partial charge in [0.2, 0.25) is 0 Å². The molecule has 0 unspecified atom stereocenters. The standard InChI is InChI=1S/C21H34N4O3/c1-16(2)21(27)28-15-20(26)22-14-19(25-12-10-24(5)11-13-25)17-6-8-18(9-7-17)23(3)4/h6-9,16,19H,10-15H2,1-5H3,(H,22,26)/p+2/t19-/m1/s1. The SMILES string of the molecule is CC(C)C(=O)OCC(=O)NC[C@H](c1ccc(N(C)C)cc1)[NH+]1CC[NH+](C)CC1. The lowest BCUT2D eigenvalue weighted by Crippen LogP contribution is -3.27. The van der Waals surface area contributed by atoms with Gasteiger partial charge in [0, 0.05) is 25.3 Å².